The number of imidazole rings is 1. The highest BCUT2D eigenvalue weighted by Gasteiger charge is 2.32. The second kappa shape index (κ2) is 13.1. The Morgan fingerprint density at radius 2 is 1.73 bits per heavy atom. The Hall–Kier alpha value is -3.56. The predicted molar refractivity (Wildman–Crippen MR) is 111 cm³/mol. The number of nitrogens with one attached hydrogen (secondary N) is 4. The van der Waals surface area contributed by atoms with Crippen LogP contribution in [0.3, 0.4) is 0 Å². The average Bonchev–Trinajstić information content (AvgIpc) is 3.25. The zero-order chi connectivity index (χ0) is 25.1. The molecule has 33 heavy (non-hydrogen) atoms. The van der Waals surface area contributed by atoms with E-state index in [1.54, 1.807) is 0 Å². The number of aromatic nitrogens is 2. The Kier molecular flexibility index (Phi) is 10.9. The average molecular weight is 471 g/mol. The number of H-pyrrole nitrogens is 1. The summed E-state index contributed by atoms with van der Waals surface area (Å²) in [5, 5.41) is 35.3. The second-order valence-corrected chi connectivity index (χ2v) is 7.26. The first-order chi connectivity index (χ1) is 15.5. The maximum atomic E-state index is 12.5. The van der Waals surface area contributed by atoms with Crippen molar-refractivity contribution in [3.05, 3.63) is 18.2 Å². The van der Waals surface area contributed by atoms with Crippen LogP contribution in [-0.2, 0) is 30.4 Å². The Bertz CT molecular complexity index is 830. The molecular formula is C18H29N7O8. The number of carboxylic acid groups (broad SMARTS) is 1. The van der Waals surface area contributed by atoms with Gasteiger partial charge in [-0.2, -0.15) is 0 Å². The lowest BCUT2D eigenvalue weighted by atomic mass is 10.1. The lowest BCUT2D eigenvalue weighted by Crippen LogP contribution is -2.60. The summed E-state index contributed by atoms with van der Waals surface area (Å²) in [6.45, 7) is 0.297. The van der Waals surface area contributed by atoms with Crippen molar-refractivity contribution in [1.29, 1.82) is 0 Å². The number of carbonyl (C=O) groups is 5. The molecule has 0 aliphatic carbocycles. The SMILES string of the molecule is CC(O)C(NC(=O)C(N)CCC(N)=O)C(=O)NC(CO)C(=O)NC(Cc1cnc[nH]1)C(=O)O. The Labute approximate surface area is 188 Å². The number of aliphatic hydroxyl groups is 2. The van der Waals surface area contributed by atoms with Gasteiger partial charge in [-0.3, -0.25) is 19.2 Å². The number of amides is 4. The van der Waals surface area contributed by atoms with Crippen LogP contribution in [0.5, 0.6) is 0 Å². The summed E-state index contributed by atoms with van der Waals surface area (Å²) >= 11 is 0. The van der Waals surface area contributed by atoms with Gasteiger partial charge in [0.05, 0.1) is 25.1 Å². The molecule has 1 aromatic rings. The quantitative estimate of drug-likeness (QED) is 0.125. The molecule has 0 radical (unpaired) electrons. The summed E-state index contributed by atoms with van der Waals surface area (Å²) in [6, 6.07) is -5.72. The van der Waals surface area contributed by atoms with Gasteiger partial charge in [0.25, 0.3) is 0 Å². The lowest BCUT2D eigenvalue weighted by Gasteiger charge is -2.25. The van der Waals surface area contributed by atoms with Gasteiger partial charge >= 0.3 is 5.97 Å². The zero-order valence-electron chi connectivity index (χ0n) is 17.9. The number of aliphatic carboxylic acids is 1. The summed E-state index contributed by atoms with van der Waals surface area (Å²) < 4.78 is 0. The van der Waals surface area contributed by atoms with E-state index in [0.717, 1.165) is 0 Å². The summed E-state index contributed by atoms with van der Waals surface area (Å²) in [5.74, 6) is -4.93. The summed E-state index contributed by atoms with van der Waals surface area (Å²) in [5.41, 5.74) is 11.1. The number of nitrogens with zero attached hydrogens (tertiary/aromatic N) is 1. The molecule has 0 spiro atoms. The molecule has 184 valence electrons. The number of nitrogens with two attached hydrogens (primary N) is 2. The van der Waals surface area contributed by atoms with Crippen molar-refractivity contribution in [2.75, 3.05) is 6.61 Å². The predicted octanol–water partition coefficient (Wildman–Crippen LogP) is -4.54. The van der Waals surface area contributed by atoms with Gasteiger partial charge in [0.1, 0.15) is 18.1 Å². The van der Waals surface area contributed by atoms with E-state index in [2.05, 4.69) is 25.9 Å². The molecule has 0 saturated heterocycles. The smallest absolute Gasteiger partial charge is 0.326 e. The minimum atomic E-state index is -1.58. The molecule has 15 heteroatoms. The minimum Gasteiger partial charge on any atom is -0.480 e. The van der Waals surface area contributed by atoms with Crippen molar-refractivity contribution in [1.82, 2.24) is 25.9 Å². The number of hydrogen-bond acceptors (Lipinski definition) is 9. The highest BCUT2D eigenvalue weighted by atomic mass is 16.4. The number of carboxylic acids is 1. The minimum absolute atomic E-state index is 0.0934. The van der Waals surface area contributed by atoms with Gasteiger partial charge in [0.2, 0.25) is 23.6 Å². The number of primary amides is 1. The van der Waals surface area contributed by atoms with Crippen molar-refractivity contribution < 1.29 is 39.3 Å². The molecule has 0 aromatic carbocycles. The van der Waals surface area contributed by atoms with Gasteiger partial charge in [-0.25, -0.2) is 9.78 Å². The van der Waals surface area contributed by atoms with E-state index in [1.807, 2.05) is 0 Å². The highest BCUT2D eigenvalue weighted by molar-refractivity contribution is 5.94. The Balaban J connectivity index is 2.78. The van der Waals surface area contributed by atoms with Crippen LogP contribution >= 0.6 is 0 Å². The zero-order valence-corrected chi connectivity index (χ0v) is 17.9. The van der Waals surface area contributed by atoms with E-state index < -0.39 is 66.5 Å². The molecule has 4 amide bonds. The molecule has 1 aromatic heterocycles. The van der Waals surface area contributed by atoms with E-state index in [4.69, 9.17) is 11.5 Å². The van der Waals surface area contributed by atoms with Crippen LogP contribution in [0, 0.1) is 0 Å². The third-order valence-electron chi connectivity index (χ3n) is 4.51. The molecule has 0 saturated carbocycles. The van der Waals surface area contributed by atoms with E-state index >= 15 is 0 Å². The topological polar surface area (TPSA) is 263 Å². The van der Waals surface area contributed by atoms with Gasteiger partial charge in [0.15, 0.2) is 0 Å². The van der Waals surface area contributed by atoms with Gasteiger partial charge in [-0.15, -0.1) is 0 Å². The Morgan fingerprint density at radius 3 is 2.21 bits per heavy atom. The molecule has 11 N–H and O–H groups in total. The van der Waals surface area contributed by atoms with E-state index in [-0.39, 0.29) is 19.3 Å². The van der Waals surface area contributed by atoms with Crippen LogP contribution in [0.1, 0.15) is 25.5 Å². The third-order valence-corrected chi connectivity index (χ3v) is 4.51. The van der Waals surface area contributed by atoms with Gasteiger partial charge < -0.3 is 47.7 Å². The standard InChI is InChI=1S/C18H29N7O8/c1-8(27)14(25-15(29)10(19)2-3-13(20)28)17(31)24-12(6-26)16(30)23-11(18(32)33)4-9-5-21-7-22-9/h5,7-8,10-12,14,26-27H,2-4,6,19H2,1H3,(H2,20,28)(H,21,22)(H,23,30)(H,24,31)(H,25,29)(H,32,33). The van der Waals surface area contributed by atoms with Gasteiger partial charge in [-0.1, -0.05) is 0 Å². The molecule has 1 heterocycles. The monoisotopic (exact) mass is 471 g/mol. The van der Waals surface area contributed by atoms with Gasteiger partial charge in [0, 0.05) is 24.7 Å². The van der Waals surface area contributed by atoms with Crippen LogP contribution in [0.4, 0.5) is 0 Å². The lowest BCUT2D eigenvalue weighted by molar-refractivity contribution is -0.142. The number of rotatable bonds is 14. The fourth-order valence-electron chi connectivity index (χ4n) is 2.64. The molecule has 1 rings (SSSR count). The maximum absolute atomic E-state index is 12.5. The molecule has 0 aliphatic heterocycles. The molecule has 0 bridgehead atoms. The van der Waals surface area contributed by atoms with Gasteiger partial charge in [-0.05, 0) is 13.3 Å². The van der Waals surface area contributed by atoms with Crippen molar-refractivity contribution >= 4 is 29.6 Å². The first-order valence-corrected chi connectivity index (χ1v) is 9.90. The number of aliphatic hydroxyl groups excluding tert-OH is 2. The second-order valence-electron chi connectivity index (χ2n) is 7.26. The molecule has 5 unspecified atom stereocenters. The van der Waals surface area contributed by atoms with Crippen LogP contribution in [0.15, 0.2) is 12.5 Å². The fourth-order valence-corrected chi connectivity index (χ4v) is 2.64. The molecule has 0 fully saturated rings. The van der Waals surface area contributed by atoms with Crippen LogP contribution in [0.25, 0.3) is 0 Å². The number of hydrogen-bond donors (Lipinski definition) is 9. The summed E-state index contributed by atoms with van der Waals surface area (Å²) in [7, 11) is 0. The van der Waals surface area contributed by atoms with Crippen LogP contribution < -0.4 is 27.4 Å². The van der Waals surface area contributed by atoms with E-state index in [9.17, 15) is 39.3 Å². The van der Waals surface area contributed by atoms with E-state index in [0.29, 0.717) is 5.69 Å². The molecule has 5 atom stereocenters. The summed E-state index contributed by atoms with van der Waals surface area (Å²) in [4.78, 5) is 65.8. The summed E-state index contributed by atoms with van der Waals surface area (Å²) in [6.07, 6.45) is 0.879. The van der Waals surface area contributed by atoms with Crippen LogP contribution in [-0.4, -0.2) is 91.8 Å². The normalized spacial score (nSPS) is 15.4. The molecule has 0 aliphatic rings. The number of carbonyl (C=O) groups excluding carboxylic acids is 4. The molecular weight excluding hydrogens is 442 g/mol. The van der Waals surface area contributed by atoms with Crippen molar-refractivity contribution in [3.8, 4) is 0 Å². The van der Waals surface area contributed by atoms with Crippen molar-refractivity contribution in [2.45, 2.75) is 56.5 Å². The van der Waals surface area contributed by atoms with Crippen LogP contribution in [0.2, 0.25) is 0 Å². The molecule has 15 nitrogen and oxygen atoms in total. The fraction of sp³-hybridized carbons (Fsp3) is 0.556. The van der Waals surface area contributed by atoms with E-state index in [1.165, 1.54) is 19.4 Å². The largest absolute Gasteiger partial charge is 0.480 e. The van der Waals surface area contributed by atoms with Crippen molar-refractivity contribution in [2.24, 2.45) is 11.5 Å². The number of aromatic amines is 1. The highest BCUT2D eigenvalue weighted by Crippen LogP contribution is 2.02. The Morgan fingerprint density at radius 1 is 1.09 bits per heavy atom. The maximum Gasteiger partial charge on any atom is 0.326 e. The first kappa shape index (κ1) is 27.5. The first-order valence-electron chi connectivity index (χ1n) is 9.90. The van der Waals surface area contributed by atoms with Crippen molar-refractivity contribution in [3.63, 3.8) is 0 Å². The third kappa shape index (κ3) is 9.22.